The fraction of sp³-hybridized carbons (Fsp3) is 0.696. The molecule has 0 unspecified atom stereocenters. The Bertz CT molecular complexity index is 3550. The molecule has 26 nitrogen and oxygen atoms in total. The summed E-state index contributed by atoms with van der Waals surface area (Å²) >= 11 is 0. The third-order valence-corrected chi connectivity index (χ3v) is 22.7. The van der Waals surface area contributed by atoms with Gasteiger partial charge in [0.25, 0.3) is 0 Å². The van der Waals surface area contributed by atoms with Crippen molar-refractivity contribution in [2.75, 3.05) is 95.7 Å². The van der Waals surface area contributed by atoms with Crippen LogP contribution in [0.2, 0.25) is 0 Å². The van der Waals surface area contributed by atoms with E-state index >= 15 is 38.0 Å². The van der Waals surface area contributed by atoms with Gasteiger partial charge in [-0.05, 0) is 123 Å². The van der Waals surface area contributed by atoms with Crippen LogP contribution in [-0.4, -0.2) is 265 Å². The highest BCUT2D eigenvalue weighted by Crippen LogP contribution is 2.37. The van der Waals surface area contributed by atoms with Crippen molar-refractivity contribution in [2.24, 2.45) is 23.7 Å². The summed E-state index contributed by atoms with van der Waals surface area (Å²) in [7, 11) is 11.2. The van der Waals surface area contributed by atoms with Crippen LogP contribution in [0, 0.1) is 29.5 Å². The van der Waals surface area contributed by atoms with Crippen molar-refractivity contribution in [2.45, 2.75) is 237 Å². The smallest absolute Gasteiger partial charge is 0.419 e. The second-order valence-corrected chi connectivity index (χ2v) is 31.8. The van der Waals surface area contributed by atoms with E-state index in [1.807, 2.05) is 34.6 Å². The fourth-order valence-electron chi connectivity index (χ4n) is 15.7. The van der Waals surface area contributed by atoms with E-state index in [4.69, 9.17) is 9.47 Å². The Kier molecular flexibility index (Phi) is 31.8. The van der Waals surface area contributed by atoms with E-state index in [9.17, 15) is 37.1 Å². The first-order valence-corrected chi connectivity index (χ1v) is 38.8. The Morgan fingerprint density at radius 2 is 1.25 bits per heavy atom. The van der Waals surface area contributed by atoms with Crippen LogP contribution in [-0.2, 0) is 81.5 Å². The molecule has 2 aromatic carbocycles. The molecule has 109 heavy (non-hydrogen) atoms. The zero-order valence-electron chi connectivity index (χ0n) is 66.3. The molecule has 1 spiro atoms. The van der Waals surface area contributed by atoms with Crippen LogP contribution in [0.5, 0.6) is 5.75 Å². The van der Waals surface area contributed by atoms with Gasteiger partial charge in [-0.2, -0.15) is 13.2 Å². The van der Waals surface area contributed by atoms with Crippen molar-refractivity contribution < 1.29 is 84.6 Å². The van der Waals surface area contributed by atoms with Gasteiger partial charge in [0, 0.05) is 75.4 Å². The minimum Gasteiger partial charge on any atom is -0.497 e. The molecule has 606 valence electrons. The maximum Gasteiger partial charge on any atom is 0.419 e. The SMILES string of the molecule is CC[C@H](C)[C@@H]1NC(=O)[C@H](CC(C)C)N(C)C(=O)C[C@@H](C(=O)N2CCCCC2)N(C)C(=O)[C@H](CC(C)C)N(C)C(=O)C2(CCCC2)NC(=O)[C@@H]2C[C@@H](OCc3cccc(OC)c3)CN2C(=O)[C@H](CCc2ccc(C(F)(F)F)c(F)c2)NC(=O)CN(C)C(=O)[C@H](CC2CCCCC2)N(C)C(=O)CN(C)C(=O)CN(C)C1=O. The van der Waals surface area contributed by atoms with Crippen molar-refractivity contribution in [3.05, 3.63) is 65.0 Å². The highest BCUT2D eigenvalue weighted by atomic mass is 19.4. The molecule has 7 rings (SSSR count). The Balaban J connectivity index is 1.33. The second-order valence-electron chi connectivity index (χ2n) is 31.8. The third kappa shape index (κ3) is 23.1. The number of aryl methyl sites for hydroxylation is 1. The van der Waals surface area contributed by atoms with Gasteiger partial charge in [-0.3, -0.25) is 57.5 Å². The maximum atomic E-state index is 15.8. The normalized spacial score (nSPS) is 25.4. The van der Waals surface area contributed by atoms with Crippen LogP contribution in [0.15, 0.2) is 42.5 Å². The molecule has 9 atom stereocenters. The number of likely N-dealkylation sites (N-methyl/N-ethyl adjacent to an activating group) is 7. The lowest BCUT2D eigenvalue weighted by atomic mass is 9.84. The molecule has 3 aliphatic heterocycles. The molecular formula is C79H118F4N12O14. The van der Waals surface area contributed by atoms with Gasteiger partial charge < -0.3 is 69.5 Å². The molecule has 5 fully saturated rings. The highest BCUT2D eigenvalue weighted by Gasteiger charge is 2.52. The molecule has 0 aromatic heterocycles. The average molecular weight is 1540 g/mol. The lowest BCUT2D eigenvalue weighted by molar-refractivity contribution is -0.155. The monoisotopic (exact) mass is 1530 g/mol. The van der Waals surface area contributed by atoms with Crippen LogP contribution in [0.4, 0.5) is 17.6 Å². The number of benzene rings is 2. The molecule has 3 N–H and O–H groups in total. The van der Waals surface area contributed by atoms with Gasteiger partial charge >= 0.3 is 6.18 Å². The molecule has 30 heteroatoms. The minimum absolute atomic E-state index is 0.0168. The van der Waals surface area contributed by atoms with E-state index in [0.29, 0.717) is 68.6 Å². The number of carbonyl (C=O) groups excluding carboxylic acids is 12. The number of carbonyl (C=O) groups is 12. The van der Waals surface area contributed by atoms with Gasteiger partial charge in [0.15, 0.2) is 0 Å². The number of likely N-dealkylation sites (tertiary alicyclic amines) is 1. The summed E-state index contributed by atoms with van der Waals surface area (Å²) in [5.74, 6) is -10.6. The first kappa shape index (κ1) is 87.8. The van der Waals surface area contributed by atoms with Gasteiger partial charge in [-0.25, -0.2) is 4.39 Å². The van der Waals surface area contributed by atoms with Crippen molar-refractivity contribution >= 4 is 70.9 Å². The quantitative estimate of drug-likeness (QED) is 0.150. The Morgan fingerprint density at radius 1 is 0.633 bits per heavy atom. The number of piperidine rings is 1. The van der Waals surface area contributed by atoms with E-state index < -0.39 is 174 Å². The van der Waals surface area contributed by atoms with Crippen molar-refractivity contribution in [3.63, 3.8) is 0 Å². The number of nitrogens with zero attached hydrogens (tertiary/aromatic N) is 9. The second kappa shape index (κ2) is 39.5. The Morgan fingerprint density at radius 3 is 1.86 bits per heavy atom. The van der Waals surface area contributed by atoms with E-state index in [2.05, 4.69) is 16.0 Å². The Hall–Kier alpha value is -8.44. The van der Waals surface area contributed by atoms with E-state index in [0.717, 1.165) is 59.3 Å². The average Bonchev–Trinajstić information content (AvgIpc) is 1.70. The molecule has 0 radical (unpaired) electrons. The lowest BCUT2D eigenvalue weighted by Crippen LogP contribution is -2.64. The predicted molar refractivity (Wildman–Crippen MR) is 398 cm³/mol. The van der Waals surface area contributed by atoms with Crippen molar-refractivity contribution in [1.82, 2.24) is 60.0 Å². The topological polar surface area (TPSA) is 289 Å². The standard InChI is InChI=1S/C79H118F4N12O14/c1-15-51(6)69-76(106)89(9)46-67(98)87(7)47-68(99)91(11)63(41-52-25-18-16-19-26-52)73(103)88(8)45-65(96)84-59(32-30-53-29-31-57(58(80)40-53)79(81,82)83)72(102)95-44-56(109-48-54-27-24-28-55(39-54)108-14)42-61(95)71(101)86-78(33-20-21-34-78)77(107)93(13)62(38-50(4)5)74(104)92(12)64(75(105)94-35-22-17-23-36-94)43-66(97)90(10)60(37-49(2)3)70(100)85-69/h24,27-29,31,39-40,49-52,56,59-64,69H,15-23,25-26,30,32-38,41-48H2,1-14H3,(H,84,96)(H,85,100)(H,86,101)/t51-,56+,59-,60-,61-,62-,63-,64-,69-/m0/s1. The number of alkyl halides is 3. The molecule has 12 amide bonds. The summed E-state index contributed by atoms with van der Waals surface area (Å²) in [5.41, 5.74) is -2.55. The molecule has 2 saturated carbocycles. The number of hydrogen-bond acceptors (Lipinski definition) is 14. The van der Waals surface area contributed by atoms with Gasteiger partial charge in [0.1, 0.15) is 59.4 Å². The van der Waals surface area contributed by atoms with Crippen molar-refractivity contribution in [3.8, 4) is 5.75 Å². The molecule has 3 saturated heterocycles. The van der Waals surface area contributed by atoms with Crippen molar-refractivity contribution in [1.29, 1.82) is 0 Å². The van der Waals surface area contributed by atoms with Crippen LogP contribution < -0.4 is 20.7 Å². The molecule has 2 aromatic rings. The van der Waals surface area contributed by atoms with Gasteiger partial charge in [0.2, 0.25) is 70.9 Å². The number of halogens is 4. The summed E-state index contributed by atoms with van der Waals surface area (Å²) in [4.78, 5) is 192. The third-order valence-electron chi connectivity index (χ3n) is 22.7. The summed E-state index contributed by atoms with van der Waals surface area (Å²) in [6.45, 7) is 9.50. The number of rotatable bonds is 16. The van der Waals surface area contributed by atoms with Gasteiger partial charge in [-0.15, -0.1) is 0 Å². The van der Waals surface area contributed by atoms with E-state index in [1.54, 1.807) is 36.1 Å². The first-order chi connectivity index (χ1) is 51.4. The minimum atomic E-state index is -5.04. The Labute approximate surface area is 639 Å². The van der Waals surface area contributed by atoms with Gasteiger partial charge in [-0.1, -0.05) is 111 Å². The summed E-state index contributed by atoms with van der Waals surface area (Å²) in [6.07, 6.45) is 0.691. The summed E-state index contributed by atoms with van der Waals surface area (Å²) < 4.78 is 68.9. The van der Waals surface area contributed by atoms with E-state index in [-0.39, 0.29) is 87.8 Å². The zero-order valence-corrected chi connectivity index (χ0v) is 66.3. The number of methoxy groups -OCH3 is 1. The summed E-state index contributed by atoms with van der Waals surface area (Å²) in [6, 6.07) is -0.166. The van der Waals surface area contributed by atoms with Crippen LogP contribution in [0.1, 0.15) is 180 Å². The maximum absolute atomic E-state index is 15.8. The van der Waals surface area contributed by atoms with Crippen LogP contribution >= 0.6 is 0 Å². The number of ether oxygens (including phenoxy) is 2. The predicted octanol–water partition coefficient (Wildman–Crippen LogP) is 6.58. The fourth-order valence-corrected chi connectivity index (χ4v) is 15.7. The number of hydrogen-bond donors (Lipinski definition) is 3. The lowest BCUT2D eigenvalue weighted by Gasteiger charge is -2.41. The number of fused-ring (bicyclic) bond motifs is 1. The highest BCUT2D eigenvalue weighted by molar-refractivity contribution is 6.01. The molecule has 5 aliphatic rings. The molecule has 2 aliphatic carbocycles. The molecule has 3 heterocycles. The van der Waals surface area contributed by atoms with Crippen LogP contribution in [0.25, 0.3) is 0 Å². The van der Waals surface area contributed by atoms with Crippen LogP contribution in [0.3, 0.4) is 0 Å². The number of amides is 12. The van der Waals surface area contributed by atoms with Gasteiger partial charge in [0.05, 0.1) is 51.4 Å². The molecular weight excluding hydrogens is 1420 g/mol. The molecule has 0 bridgehead atoms. The largest absolute Gasteiger partial charge is 0.497 e. The van der Waals surface area contributed by atoms with E-state index in [1.165, 1.54) is 80.9 Å². The first-order valence-electron chi connectivity index (χ1n) is 38.8. The zero-order chi connectivity index (χ0) is 80.5. The number of nitrogens with one attached hydrogen (secondary N) is 3. The summed E-state index contributed by atoms with van der Waals surface area (Å²) in [5, 5.41) is 8.67.